The lowest BCUT2D eigenvalue weighted by molar-refractivity contribution is -0.137. The number of benzene rings is 1. The second-order valence-electron chi connectivity index (χ2n) is 7.96. The topological polar surface area (TPSA) is 71.2 Å². The van der Waals surface area contributed by atoms with Gasteiger partial charge in [0.15, 0.2) is 5.65 Å². The van der Waals surface area contributed by atoms with E-state index >= 15 is 0 Å². The number of aromatic nitrogens is 5. The summed E-state index contributed by atoms with van der Waals surface area (Å²) in [6.07, 6.45) is -0.451. The fourth-order valence-corrected chi connectivity index (χ4v) is 4.11. The SMILES string of the molecule is Cc1nc2ccc(-c3ccccc3C(F)(F)F)nn2c1CNc1nccc(N2CCCC2)n1. The van der Waals surface area contributed by atoms with E-state index in [4.69, 9.17) is 0 Å². The molecule has 0 aliphatic carbocycles. The van der Waals surface area contributed by atoms with Crippen LogP contribution in [0.2, 0.25) is 0 Å². The van der Waals surface area contributed by atoms with Crippen LogP contribution in [-0.4, -0.2) is 37.7 Å². The average Bonchev–Trinajstić information content (AvgIpc) is 3.45. The van der Waals surface area contributed by atoms with E-state index in [0.29, 0.717) is 18.1 Å². The molecule has 1 aliphatic rings. The van der Waals surface area contributed by atoms with E-state index in [1.165, 1.54) is 12.1 Å². The molecule has 7 nitrogen and oxygen atoms in total. The van der Waals surface area contributed by atoms with E-state index in [0.717, 1.165) is 49.2 Å². The van der Waals surface area contributed by atoms with Gasteiger partial charge < -0.3 is 10.2 Å². The molecule has 5 rings (SSSR count). The Balaban J connectivity index is 1.45. The van der Waals surface area contributed by atoms with Crippen LogP contribution in [-0.2, 0) is 12.7 Å². The zero-order valence-electron chi connectivity index (χ0n) is 18.0. The molecule has 0 amide bonds. The fourth-order valence-electron chi connectivity index (χ4n) is 4.11. The van der Waals surface area contributed by atoms with Gasteiger partial charge >= 0.3 is 6.18 Å². The number of rotatable bonds is 5. The lowest BCUT2D eigenvalue weighted by atomic mass is 10.0. The molecule has 10 heteroatoms. The number of fused-ring (bicyclic) bond motifs is 1. The zero-order valence-corrected chi connectivity index (χ0v) is 18.0. The van der Waals surface area contributed by atoms with Crippen molar-refractivity contribution in [1.29, 1.82) is 0 Å². The number of imidazole rings is 1. The first kappa shape index (κ1) is 21.2. The minimum absolute atomic E-state index is 0.0267. The largest absolute Gasteiger partial charge is 0.417 e. The van der Waals surface area contributed by atoms with E-state index in [1.807, 2.05) is 13.0 Å². The van der Waals surface area contributed by atoms with Crippen molar-refractivity contribution >= 4 is 17.4 Å². The molecule has 0 spiro atoms. The van der Waals surface area contributed by atoms with E-state index in [-0.39, 0.29) is 11.3 Å². The molecular formula is C23H22F3N7. The maximum absolute atomic E-state index is 13.5. The number of alkyl halides is 3. The minimum atomic E-state index is -4.47. The molecule has 1 fully saturated rings. The summed E-state index contributed by atoms with van der Waals surface area (Å²) in [6.45, 7) is 4.13. The standard InChI is InChI=1S/C23H22F3N7/c1-15-19(14-28-22-27-11-10-20(30-22)32-12-4-5-13-32)33-21(29-15)9-8-18(31-33)16-6-2-3-7-17(16)23(24,25)26/h2-3,6-11H,4-5,12-14H2,1H3,(H,27,28,30). The normalized spacial score (nSPS) is 14.2. The second-order valence-corrected chi connectivity index (χ2v) is 7.96. The average molecular weight is 453 g/mol. The highest BCUT2D eigenvalue weighted by atomic mass is 19.4. The third-order valence-corrected chi connectivity index (χ3v) is 5.76. The molecule has 4 aromatic rings. The second kappa shape index (κ2) is 8.34. The van der Waals surface area contributed by atoms with Crippen LogP contribution in [0.1, 0.15) is 29.8 Å². The monoisotopic (exact) mass is 453 g/mol. The molecule has 33 heavy (non-hydrogen) atoms. The first-order valence-electron chi connectivity index (χ1n) is 10.7. The highest BCUT2D eigenvalue weighted by Gasteiger charge is 2.33. The van der Waals surface area contributed by atoms with Gasteiger partial charge in [-0.05, 0) is 44.0 Å². The van der Waals surface area contributed by atoms with Gasteiger partial charge in [0, 0.05) is 24.8 Å². The molecular weight excluding hydrogens is 431 g/mol. The molecule has 3 aromatic heterocycles. The summed E-state index contributed by atoms with van der Waals surface area (Å²) in [7, 11) is 0. The zero-order chi connectivity index (χ0) is 23.0. The van der Waals surface area contributed by atoms with E-state index in [2.05, 4.69) is 30.3 Å². The molecule has 1 aliphatic heterocycles. The summed E-state index contributed by atoms with van der Waals surface area (Å²) >= 11 is 0. The molecule has 1 aromatic carbocycles. The van der Waals surface area contributed by atoms with Gasteiger partial charge in [0.25, 0.3) is 0 Å². The smallest absolute Gasteiger partial charge is 0.356 e. The molecule has 0 radical (unpaired) electrons. The highest BCUT2D eigenvalue weighted by molar-refractivity contribution is 5.65. The molecule has 0 bridgehead atoms. The third-order valence-electron chi connectivity index (χ3n) is 5.76. The molecule has 1 saturated heterocycles. The van der Waals surface area contributed by atoms with Crippen LogP contribution in [0.15, 0.2) is 48.7 Å². The van der Waals surface area contributed by atoms with E-state index < -0.39 is 11.7 Å². The number of hydrogen-bond acceptors (Lipinski definition) is 6. The fraction of sp³-hybridized carbons (Fsp3) is 0.304. The van der Waals surface area contributed by atoms with Gasteiger partial charge in [0.2, 0.25) is 5.95 Å². The Hall–Kier alpha value is -3.69. The lowest BCUT2D eigenvalue weighted by Crippen LogP contribution is -2.19. The number of halogens is 3. The Morgan fingerprint density at radius 2 is 1.79 bits per heavy atom. The van der Waals surface area contributed by atoms with Crippen LogP contribution >= 0.6 is 0 Å². The van der Waals surface area contributed by atoms with Crippen molar-refractivity contribution in [1.82, 2.24) is 24.6 Å². The van der Waals surface area contributed by atoms with Crippen molar-refractivity contribution in [3.63, 3.8) is 0 Å². The van der Waals surface area contributed by atoms with Crippen molar-refractivity contribution < 1.29 is 13.2 Å². The molecule has 4 heterocycles. The van der Waals surface area contributed by atoms with Crippen LogP contribution in [0.5, 0.6) is 0 Å². The third kappa shape index (κ3) is 4.20. The van der Waals surface area contributed by atoms with Crippen LogP contribution < -0.4 is 10.2 Å². The Labute approximate surface area is 188 Å². The van der Waals surface area contributed by atoms with Gasteiger partial charge in [0.05, 0.1) is 29.2 Å². The summed E-state index contributed by atoms with van der Waals surface area (Å²) < 4.78 is 42.1. The van der Waals surface area contributed by atoms with E-state index in [1.54, 1.807) is 28.9 Å². The van der Waals surface area contributed by atoms with E-state index in [9.17, 15) is 13.2 Å². The summed E-state index contributed by atoms with van der Waals surface area (Å²) in [5.74, 6) is 1.36. The first-order chi connectivity index (χ1) is 15.9. The minimum Gasteiger partial charge on any atom is -0.356 e. The molecule has 0 unspecified atom stereocenters. The number of nitrogens with one attached hydrogen (secondary N) is 1. The molecule has 0 atom stereocenters. The quantitative estimate of drug-likeness (QED) is 0.471. The van der Waals surface area contributed by atoms with Crippen LogP contribution in [0.4, 0.5) is 24.9 Å². The van der Waals surface area contributed by atoms with Gasteiger partial charge in [-0.1, -0.05) is 18.2 Å². The van der Waals surface area contributed by atoms with Gasteiger partial charge in [0.1, 0.15) is 5.82 Å². The number of aryl methyl sites for hydroxylation is 1. The number of hydrogen-bond donors (Lipinski definition) is 1. The summed E-state index contributed by atoms with van der Waals surface area (Å²) in [5, 5.41) is 7.71. The Morgan fingerprint density at radius 1 is 1.00 bits per heavy atom. The summed E-state index contributed by atoms with van der Waals surface area (Å²) in [4.78, 5) is 15.6. The Morgan fingerprint density at radius 3 is 2.58 bits per heavy atom. The van der Waals surface area contributed by atoms with Crippen LogP contribution in [0.3, 0.4) is 0 Å². The maximum Gasteiger partial charge on any atom is 0.417 e. The van der Waals surface area contributed by atoms with Crippen LogP contribution in [0.25, 0.3) is 16.9 Å². The van der Waals surface area contributed by atoms with Crippen molar-refractivity contribution in [2.75, 3.05) is 23.3 Å². The maximum atomic E-state index is 13.5. The van der Waals surface area contributed by atoms with Crippen molar-refractivity contribution in [2.24, 2.45) is 0 Å². The lowest BCUT2D eigenvalue weighted by Gasteiger charge is -2.16. The van der Waals surface area contributed by atoms with Gasteiger partial charge in [-0.3, -0.25) is 0 Å². The Bertz CT molecular complexity index is 1290. The predicted octanol–water partition coefficient (Wildman–Crippen LogP) is 4.73. The van der Waals surface area contributed by atoms with Crippen molar-refractivity contribution in [2.45, 2.75) is 32.5 Å². The van der Waals surface area contributed by atoms with Crippen molar-refractivity contribution in [3.8, 4) is 11.3 Å². The highest BCUT2D eigenvalue weighted by Crippen LogP contribution is 2.36. The Kier molecular flexibility index (Phi) is 5.35. The number of anilines is 2. The van der Waals surface area contributed by atoms with Crippen LogP contribution in [0, 0.1) is 6.92 Å². The number of nitrogens with zero attached hydrogens (tertiary/aromatic N) is 6. The predicted molar refractivity (Wildman–Crippen MR) is 119 cm³/mol. The van der Waals surface area contributed by atoms with Crippen molar-refractivity contribution in [3.05, 3.63) is 65.6 Å². The molecule has 0 saturated carbocycles. The molecule has 170 valence electrons. The van der Waals surface area contributed by atoms with Gasteiger partial charge in [-0.25, -0.2) is 14.5 Å². The van der Waals surface area contributed by atoms with Gasteiger partial charge in [-0.15, -0.1) is 0 Å². The summed E-state index contributed by atoms with van der Waals surface area (Å²) in [5.41, 5.74) is 1.54. The molecule has 1 N–H and O–H groups in total. The van der Waals surface area contributed by atoms with Gasteiger partial charge in [-0.2, -0.15) is 23.3 Å². The first-order valence-corrected chi connectivity index (χ1v) is 10.7. The summed E-state index contributed by atoms with van der Waals surface area (Å²) in [6, 6.07) is 10.6.